The Kier molecular flexibility index (Phi) is 12.8. The fourth-order valence-corrected chi connectivity index (χ4v) is 2.84. The molecule has 0 saturated carbocycles. The van der Waals surface area contributed by atoms with Crippen LogP contribution in [0.15, 0.2) is 48.5 Å². The van der Waals surface area contributed by atoms with E-state index in [0.29, 0.717) is 0 Å². The van der Waals surface area contributed by atoms with Crippen molar-refractivity contribution in [3.05, 3.63) is 59.7 Å². The average molecular weight is 539 g/mol. The Morgan fingerprint density at radius 1 is 0.652 bits per heavy atom. The summed E-state index contributed by atoms with van der Waals surface area (Å²) >= 11 is 6.10. The first-order chi connectivity index (χ1) is 10.4. The van der Waals surface area contributed by atoms with Crippen molar-refractivity contribution < 1.29 is 27.3 Å². The first kappa shape index (κ1) is 23.3. The van der Waals surface area contributed by atoms with Crippen molar-refractivity contribution in [3.8, 4) is 0 Å². The van der Waals surface area contributed by atoms with E-state index in [4.69, 9.17) is 0 Å². The molecule has 0 aliphatic heterocycles. The Morgan fingerprint density at radius 2 is 0.957 bits per heavy atom. The van der Waals surface area contributed by atoms with E-state index in [2.05, 4.69) is 106 Å². The quantitative estimate of drug-likeness (QED) is 0.538. The summed E-state index contributed by atoms with van der Waals surface area (Å²) in [5, 5.41) is 0. The summed E-state index contributed by atoms with van der Waals surface area (Å²) in [5.41, 5.74) is 2.72. The van der Waals surface area contributed by atoms with Crippen LogP contribution in [0.3, 0.4) is 0 Å². The van der Waals surface area contributed by atoms with E-state index in [-0.39, 0.29) is 27.3 Å². The van der Waals surface area contributed by atoms with Crippen molar-refractivity contribution in [2.24, 2.45) is 0 Å². The molecule has 0 aliphatic rings. The number of benzene rings is 2. The van der Waals surface area contributed by atoms with Gasteiger partial charge in [0.25, 0.3) is 0 Å². The Bertz CT molecular complexity index is 523. The van der Waals surface area contributed by atoms with E-state index in [9.17, 15) is 0 Å². The van der Waals surface area contributed by atoms with E-state index >= 15 is 0 Å². The second-order valence-electron chi connectivity index (χ2n) is 5.69. The zero-order valence-corrected chi connectivity index (χ0v) is 21.9. The summed E-state index contributed by atoms with van der Waals surface area (Å²) in [6.07, 6.45) is 0. The van der Waals surface area contributed by atoms with Crippen molar-refractivity contribution in [2.45, 2.75) is 13.1 Å². The molecule has 0 bridgehead atoms. The van der Waals surface area contributed by atoms with Crippen LogP contribution < -0.4 is 8.92 Å². The summed E-state index contributed by atoms with van der Waals surface area (Å²) in [5.74, 6) is 0. The zero-order chi connectivity index (χ0) is 16.5. The molecule has 0 heterocycles. The molecule has 0 aliphatic carbocycles. The second kappa shape index (κ2) is 12.7. The molecular weight excluding hydrogens is 515 g/mol. The molecule has 0 fully saturated rings. The number of hydrogen-bond donors (Lipinski definition) is 0. The molecule has 2 nitrogen and oxygen atoms in total. The molecule has 0 saturated heterocycles. The van der Waals surface area contributed by atoms with Crippen LogP contribution >= 0.6 is 0 Å². The van der Waals surface area contributed by atoms with E-state index in [1.54, 1.807) is 0 Å². The van der Waals surface area contributed by atoms with Crippen LogP contribution in [0.1, 0.15) is 11.1 Å². The van der Waals surface area contributed by atoms with Crippen molar-refractivity contribution >= 4 is 40.9 Å². The van der Waals surface area contributed by atoms with Gasteiger partial charge in [-0.1, -0.05) is 0 Å². The van der Waals surface area contributed by atoms with Crippen LogP contribution in [0.4, 0.5) is 0 Å². The van der Waals surface area contributed by atoms with E-state index in [1.165, 1.54) is 20.1 Å². The van der Waals surface area contributed by atoms with Crippen molar-refractivity contribution in [1.82, 2.24) is 9.80 Å². The normalized spacial score (nSPS) is 10.0. The van der Waals surface area contributed by atoms with Crippen molar-refractivity contribution in [2.75, 3.05) is 28.2 Å². The van der Waals surface area contributed by atoms with Gasteiger partial charge in [-0.05, 0) is 0 Å². The Balaban J connectivity index is 0.000000403. The third-order valence-corrected chi connectivity index (χ3v) is 4.59. The Morgan fingerprint density at radius 3 is 1.22 bits per heavy atom. The Labute approximate surface area is 177 Å². The molecule has 2 aromatic rings. The summed E-state index contributed by atoms with van der Waals surface area (Å²) in [6.45, 7) is 2.01. The van der Waals surface area contributed by atoms with Crippen LogP contribution in [0.5, 0.6) is 0 Å². The molecule has 0 spiro atoms. The van der Waals surface area contributed by atoms with Crippen LogP contribution in [0.25, 0.3) is 0 Å². The van der Waals surface area contributed by atoms with Gasteiger partial charge in [0, 0.05) is 0 Å². The molecule has 5 heteroatoms. The molecule has 0 unspecified atom stereocenters. The smallest absolute Gasteiger partial charge is 2.00 e. The molecule has 0 atom stereocenters. The minimum atomic E-state index is 0. The molecule has 120 valence electrons. The summed E-state index contributed by atoms with van der Waals surface area (Å²) in [6, 6.07) is 16.7. The van der Waals surface area contributed by atoms with Gasteiger partial charge in [-0.25, -0.2) is 0 Å². The van der Waals surface area contributed by atoms with E-state index < -0.39 is 0 Å². The number of hydrogen-bond acceptors (Lipinski definition) is 2. The summed E-state index contributed by atoms with van der Waals surface area (Å²) in [7, 11) is 8.30. The first-order valence-corrected chi connectivity index (χ1v) is 8.90. The Hall–Kier alpha value is 0.321. The van der Waals surface area contributed by atoms with E-state index in [0.717, 1.165) is 13.1 Å². The maximum Gasteiger partial charge on any atom is 2.00 e. The minimum absolute atomic E-state index is 0. The van der Waals surface area contributed by atoms with Crippen LogP contribution in [-0.4, -0.2) is 70.0 Å². The van der Waals surface area contributed by atoms with Gasteiger partial charge < -0.3 is 0 Å². The molecule has 2 rings (SSSR count). The maximum absolute atomic E-state index is 3.05. The molecule has 0 N–H and O–H groups in total. The van der Waals surface area contributed by atoms with Gasteiger partial charge in [0.05, 0.1) is 0 Å². The van der Waals surface area contributed by atoms with Crippen molar-refractivity contribution in [3.63, 3.8) is 0 Å². The first-order valence-electron chi connectivity index (χ1n) is 7.19. The van der Waals surface area contributed by atoms with Crippen LogP contribution in [0, 0.1) is 0 Å². The molecule has 2 aromatic carbocycles. The van der Waals surface area contributed by atoms with Gasteiger partial charge in [0.2, 0.25) is 0 Å². The molecule has 23 heavy (non-hydrogen) atoms. The molecule has 0 amide bonds. The zero-order valence-electron chi connectivity index (χ0n) is 14.5. The standard InChI is InChI=1S/2C9H13NSe.Cd/c2*1-10(2)7-8-5-3-4-6-9(8)11;/h2*3-6,11H,7H2,1-2H3;/q;;+2/p-2. The largest absolute Gasteiger partial charge is 2.00 e. The minimum Gasteiger partial charge on any atom is 2.00 e. The van der Waals surface area contributed by atoms with Gasteiger partial charge >= 0.3 is 179 Å². The fourth-order valence-electron chi connectivity index (χ4n) is 1.95. The van der Waals surface area contributed by atoms with Gasteiger partial charge in [-0.15, -0.1) is 0 Å². The second-order valence-corrected chi connectivity index (χ2v) is 7.54. The van der Waals surface area contributed by atoms with Gasteiger partial charge in [0.1, 0.15) is 0 Å². The summed E-state index contributed by atoms with van der Waals surface area (Å²) in [4.78, 5) is 4.33. The molecular formula is C18H24CdN2Se2. The average Bonchev–Trinajstić information content (AvgIpc) is 2.44. The fraction of sp³-hybridized carbons (Fsp3) is 0.333. The molecule has 0 aromatic heterocycles. The van der Waals surface area contributed by atoms with Gasteiger partial charge in [0.15, 0.2) is 0 Å². The maximum atomic E-state index is 3.05. The predicted octanol–water partition coefficient (Wildman–Crippen LogP) is 1.08. The predicted molar refractivity (Wildman–Crippen MR) is 98.4 cm³/mol. The summed E-state index contributed by atoms with van der Waals surface area (Å²) < 4.78 is 2.50. The number of nitrogens with zero attached hydrogens (tertiary/aromatic N) is 2. The van der Waals surface area contributed by atoms with Crippen LogP contribution in [0.2, 0.25) is 0 Å². The van der Waals surface area contributed by atoms with Crippen molar-refractivity contribution in [1.29, 1.82) is 0 Å². The third-order valence-electron chi connectivity index (χ3n) is 2.92. The van der Waals surface area contributed by atoms with Gasteiger partial charge in [-0.3, -0.25) is 0 Å². The molecule has 0 radical (unpaired) electrons. The van der Waals surface area contributed by atoms with Gasteiger partial charge in [-0.2, -0.15) is 0 Å². The van der Waals surface area contributed by atoms with E-state index in [1.807, 2.05) is 12.1 Å². The monoisotopic (exact) mass is 542 g/mol. The third kappa shape index (κ3) is 10.0. The SMILES string of the molecule is CN(C)Cc1ccccc1[Se-].CN(C)Cc1ccccc1[Se-].[Cd+2]. The van der Waals surface area contributed by atoms with Crippen LogP contribution in [-0.2, 0) is 40.4 Å². The number of rotatable bonds is 4. The topological polar surface area (TPSA) is 6.48 Å².